The number of hydrogen-bond donors (Lipinski definition) is 0. The van der Waals surface area contributed by atoms with Crippen LogP contribution in [0.5, 0.6) is 11.5 Å². The molecule has 0 aliphatic carbocycles. The molecular formula is C14H20Br2O2. The molecule has 18 heavy (non-hydrogen) atoms. The molecule has 0 fully saturated rings. The first-order valence-corrected chi connectivity index (χ1v) is 8.54. The zero-order chi connectivity index (χ0) is 13.4. The third-order valence-electron chi connectivity index (χ3n) is 2.57. The van der Waals surface area contributed by atoms with Gasteiger partial charge in [-0.05, 0) is 49.9 Å². The number of benzene rings is 1. The van der Waals surface area contributed by atoms with Gasteiger partial charge in [0, 0.05) is 10.7 Å². The average molecular weight is 380 g/mol. The molecule has 0 radical (unpaired) electrons. The Morgan fingerprint density at radius 2 is 1.22 bits per heavy atom. The highest BCUT2D eigenvalue weighted by atomic mass is 79.9. The van der Waals surface area contributed by atoms with Gasteiger partial charge in [-0.1, -0.05) is 31.9 Å². The SMILES string of the molecule is CCOc1cc(CCBr)c(OCC)cc1CCBr. The van der Waals surface area contributed by atoms with Gasteiger partial charge in [-0.2, -0.15) is 0 Å². The molecule has 0 amide bonds. The lowest BCUT2D eigenvalue weighted by Crippen LogP contribution is -2.03. The zero-order valence-electron chi connectivity index (χ0n) is 11.0. The molecule has 0 saturated heterocycles. The fraction of sp³-hybridized carbons (Fsp3) is 0.571. The van der Waals surface area contributed by atoms with Gasteiger partial charge in [-0.15, -0.1) is 0 Å². The van der Waals surface area contributed by atoms with E-state index in [1.54, 1.807) is 0 Å². The van der Waals surface area contributed by atoms with Crippen molar-refractivity contribution in [3.63, 3.8) is 0 Å². The van der Waals surface area contributed by atoms with Crippen LogP contribution in [0.2, 0.25) is 0 Å². The Labute approximate surface area is 126 Å². The summed E-state index contributed by atoms with van der Waals surface area (Å²) in [6.07, 6.45) is 1.90. The first-order valence-electron chi connectivity index (χ1n) is 6.30. The lowest BCUT2D eigenvalue weighted by molar-refractivity contribution is 0.325. The quantitative estimate of drug-likeness (QED) is 0.624. The van der Waals surface area contributed by atoms with Crippen LogP contribution in [-0.2, 0) is 12.8 Å². The van der Waals surface area contributed by atoms with Crippen molar-refractivity contribution in [2.75, 3.05) is 23.9 Å². The number of aryl methyl sites for hydroxylation is 2. The van der Waals surface area contributed by atoms with E-state index in [0.717, 1.165) is 35.0 Å². The zero-order valence-corrected chi connectivity index (χ0v) is 14.1. The molecule has 0 heterocycles. The van der Waals surface area contributed by atoms with E-state index < -0.39 is 0 Å². The smallest absolute Gasteiger partial charge is 0.123 e. The van der Waals surface area contributed by atoms with Gasteiger partial charge in [0.15, 0.2) is 0 Å². The summed E-state index contributed by atoms with van der Waals surface area (Å²) in [5, 5.41) is 1.85. The van der Waals surface area contributed by atoms with Gasteiger partial charge in [-0.25, -0.2) is 0 Å². The van der Waals surface area contributed by atoms with Crippen LogP contribution in [0.25, 0.3) is 0 Å². The summed E-state index contributed by atoms with van der Waals surface area (Å²) in [7, 11) is 0. The Hall–Kier alpha value is -0.220. The van der Waals surface area contributed by atoms with Gasteiger partial charge in [-0.3, -0.25) is 0 Å². The van der Waals surface area contributed by atoms with E-state index in [4.69, 9.17) is 9.47 Å². The minimum absolute atomic E-state index is 0.691. The third-order valence-corrected chi connectivity index (χ3v) is 3.36. The number of hydrogen-bond acceptors (Lipinski definition) is 2. The Morgan fingerprint density at radius 1 is 0.833 bits per heavy atom. The summed E-state index contributed by atoms with van der Waals surface area (Å²) in [6, 6.07) is 4.24. The summed E-state index contributed by atoms with van der Waals surface area (Å²) < 4.78 is 11.4. The van der Waals surface area contributed by atoms with Crippen LogP contribution in [0, 0.1) is 0 Å². The summed E-state index contributed by atoms with van der Waals surface area (Å²) in [6.45, 7) is 5.41. The van der Waals surface area contributed by atoms with Crippen LogP contribution in [0.1, 0.15) is 25.0 Å². The van der Waals surface area contributed by atoms with Crippen LogP contribution in [0.4, 0.5) is 0 Å². The molecule has 1 aromatic rings. The lowest BCUT2D eigenvalue weighted by atomic mass is 10.0. The van der Waals surface area contributed by atoms with Gasteiger partial charge in [0.2, 0.25) is 0 Å². The van der Waals surface area contributed by atoms with Crippen LogP contribution < -0.4 is 9.47 Å². The molecule has 0 atom stereocenters. The van der Waals surface area contributed by atoms with Crippen LogP contribution in [0.15, 0.2) is 12.1 Å². The van der Waals surface area contributed by atoms with Gasteiger partial charge in [0.05, 0.1) is 13.2 Å². The minimum atomic E-state index is 0.691. The summed E-state index contributed by atoms with van der Waals surface area (Å²) in [5.41, 5.74) is 2.41. The minimum Gasteiger partial charge on any atom is -0.494 e. The molecule has 0 unspecified atom stereocenters. The van der Waals surface area contributed by atoms with Crippen LogP contribution >= 0.6 is 31.9 Å². The van der Waals surface area contributed by atoms with E-state index in [9.17, 15) is 0 Å². The Bertz CT molecular complexity index is 301. The predicted octanol–water partition coefficient (Wildman–Crippen LogP) is 4.36. The van der Waals surface area contributed by atoms with Crippen molar-refractivity contribution in [3.8, 4) is 11.5 Å². The number of alkyl halides is 2. The first-order chi connectivity index (χ1) is 8.76. The van der Waals surface area contributed by atoms with E-state index in [0.29, 0.717) is 13.2 Å². The molecule has 0 spiro atoms. The number of halogens is 2. The van der Waals surface area contributed by atoms with Gasteiger partial charge in [0.1, 0.15) is 11.5 Å². The standard InChI is InChI=1S/C14H20Br2O2/c1-3-17-13-9-12(6-8-16)14(18-4-2)10-11(13)5-7-15/h9-10H,3-8H2,1-2H3. The first kappa shape index (κ1) is 15.8. The maximum Gasteiger partial charge on any atom is 0.123 e. The number of rotatable bonds is 8. The fourth-order valence-corrected chi connectivity index (χ4v) is 2.67. The molecule has 0 saturated carbocycles. The molecule has 0 aliphatic heterocycles. The van der Waals surface area contributed by atoms with E-state index in [-0.39, 0.29) is 0 Å². The van der Waals surface area contributed by atoms with Crippen LogP contribution in [-0.4, -0.2) is 23.9 Å². The van der Waals surface area contributed by atoms with Crippen molar-refractivity contribution >= 4 is 31.9 Å². The third kappa shape index (κ3) is 4.47. The van der Waals surface area contributed by atoms with Crippen molar-refractivity contribution in [2.45, 2.75) is 26.7 Å². The largest absolute Gasteiger partial charge is 0.494 e. The highest BCUT2D eigenvalue weighted by Crippen LogP contribution is 2.30. The average Bonchev–Trinajstić information content (AvgIpc) is 2.35. The Balaban J connectivity index is 3.11. The number of ether oxygens (including phenoxy) is 2. The normalized spacial score (nSPS) is 10.4. The summed E-state index contributed by atoms with van der Waals surface area (Å²) in [4.78, 5) is 0. The molecule has 102 valence electrons. The maximum absolute atomic E-state index is 5.72. The van der Waals surface area contributed by atoms with Crippen molar-refractivity contribution in [1.29, 1.82) is 0 Å². The summed E-state index contributed by atoms with van der Waals surface area (Å²) >= 11 is 6.96. The maximum atomic E-state index is 5.72. The van der Waals surface area contributed by atoms with Gasteiger partial charge >= 0.3 is 0 Å². The predicted molar refractivity (Wildman–Crippen MR) is 83.8 cm³/mol. The highest BCUT2D eigenvalue weighted by Gasteiger charge is 2.11. The summed E-state index contributed by atoms with van der Waals surface area (Å²) in [5.74, 6) is 1.97. The molecule has 1 aromatic carbocycles. The molecule has 0 aliphatic rings. The van der Waals surface area contributed by atoms with Crippen molar-refractivity contribution in [3.05, 3.63) is 23.3 Å². The van der Waals surface area contributed by atoms with Crippen molar-refractivity contribution in [2.24, 2.45) is 0 Å². The molecular weight excluding hydrogens is 360 g/mol. The Morgan fingerprint density at radius 3 is 1.50 bits per heavy atom. The fourth-order valence-electron chi connectivity index (χ4n) is 1.82. The molecule has 4 heteroatoms. The lowest BCUT2D eigenvalue weighted by Gasteiger charge is -2.16. The van der Waals surface area contributed by atoms with E-state index in [2.05, 4.69) is 44.0 Å². The van der Waals surface area contributed by atoms with E-state index in [1.165, 1.54) is 11.1 Å². The molecule has 0 bridgehead atoms. The van der Waals surface area contributed by atoms with E-state index in [1.807, 2.05) is 13.8 Å². The molecule has 1 rings (SSSR count). The van der Waals surface area contributed by atoms with Crippen LogP contribution in [0.3, 0.4) is 0 Å². The molecule has 0 aromatic heterocycles. The van der Waals surface area contributed by atoms with Crippen molar-refractivity contribution < 1.29 is 9.47 Å². The van der Waals surface area contributed by atoms with Gasteiger partial charge < -0.3 is 9.47 Å². The second-order valence-corrected chi connectivity index (χ2v) is 5.40. The van der Waals surface area contributed by atoms with E-state index >= 15 is 0 Å². The van der Waals surface area contributed by atoms with Gasteiger partial charge in [0.25, 0.3) is 0 Å². The second kappa shape index (κ2) is 8.81. The monoisotopic (exact) mass is 378 g/mol. The topological polar surface area (TPSA) is 18.5 Å². The Kier molecular flexibility index (Phi) is 7.75. The highest BCUT2D eigenvalue weighted by molar-refractivity contribution is 9.09. The molecule has 0 N–H and O–H groups in total. The second-order valence-electron chi connectivity index (χ2n) is 3.81. The van der Waals surface area contributed by atoms with Crippen molar-refractivity contribution in [1.82, 2.24) is 0 Å². The molecule has 2 nitrogen and oxygen atoms in total.